The van der Waals surface area contributed by atoms with Gasteiger partial charge in [-0.1, -0.05) is 0 Å². The number of carbonyl (C=O) groups is 1. The Balaban J connectivity index is 2.28. The summed E-state index contributed by atoms with van der Waals surface area (Å²) < 4.78 is 4.79. The van der Waals surface area contributed by atoms with Crippen molar-refractivity contribution in [2.45, 2.75) is 13.0 Å². The van der Waals surface area contributed by atoms with E-state index in [1.54, 1.807) is 18.4 Å². The fourth-order valence-electron chi connectivity index (χ4n) is 0.728. The third-order valence-electron chi connectivity index (χ3n) is 1.31. The van der Waals surface area contributed by atoms with Crippen LogP contribution in [-0.4, -0.2) is 5.91 Å². The van der Waals surface area contributed by atoms with E-state index in [1.165, 1.54) is 6.26 Å². The summed E-state index contributed by atoms with van der Waals surface area (Å²) in [4.78, 5) is 10.8. The molecule has 4 heteroatoms. The van der Waals surface area contributed by atoms with Crippen molar-refractivity contribution in [3.05, 3.63) is 24.2 Å². The molecular weight excluding hydrogens is 156 g/mol. The minimum atomic E-state index is -0.265. The maximum absolute atomic E-state index is 10.8. The Hall–Kier alpha value is -1.76. The van der Waals surface area contributed by atoms with Gasteiger partial charge in [-0.15, -0.1) is 0 Å². The van der Waals surface area contributed by atoms with Crippen molar-refractivity contribution < 1.29 is 9.21 Å². The predicted molar refractivity (Wildman–Crippen MR) is 40.8 cm³/mol. The van der Waals surface area contributed by atoms with Crippen LogP contribution in [0.15, 0.2) is 23.0 Å². The SMILES string of the molecule is N#CCC(=O)NCc1ccoc1. The van der Waals surface area contributed by atoms with Gasteiger partial charge in [0.1, 0.15) is 6.42 Å². The number of carbonyl (C=O) groups excluding carboxylic acids is 1. The molecule has 1 aromatic rings. The van der Waals surface area contributed by atoms with Gasteiger partial charge in [-0.05, 0) is 6.07 Å². The first-order chi connectivity index (χ1) is 5.83. The molecule has 0 atom stereocenters. The zero-order chi connectivity index (χ0) is 8.81. The van der Waals surface area contributed by atoms with Crippen molar-refractivity contribution in [1.82, 2.24) is 5.32 Å². The average Bonchev–Trinajstić information content (AvgIpc) is 2.53. The van der Waals surface area contributed by atoms with Crippen LogP contribution >= 0.6 is 0 Å². The molecule has 12 heavy (non-hydrogen) atoms. The van der Waals surface area contributed by atoms with E-state index < -0.39 is 0 Å². The molecule has 0 unspecified atom stereocenters. The Labute approximate surface area is 69.8 Å². The van der Waals surface area contributed by atoms with E-state index in [-0.39, 0.29) is 12.3 Å². The highest BCUT2D eigenvalue weighted by Crippen LogP contribution is 1.98. The number of nitrogens with one attached hydrogen (secondary N) is 1. The molecule has 0 fully saturated rings. The number of nitriles is 1. The van der Waals surface area contributed by atoms with Crippen LogP contribution in [-0.2, 0) is 11.3 Å². The first-order valence-corrected chi connectivity index (χ1v) is 3.47. The van der Waals surface area contributed by atoms with Gasteiger partial charge in [0.05, 0.1) is 18.6 Å². The summed E-state index contributed by atoms with van der Waals surface area (Å²) in [5, 5.41) is 10.7. The quantitative estimate of drug-likeness (QED) is 0.718. The number of furan rings is 1. The van der Waals surface area contributed by atoms with E-state index >= 15 is 0 Å². The summed E-state index contributed by atoms with van der Waals surface area (Å²) in [7, 11) is 0. The predicted octanol–water partition coefficient (Wildman–Crippen LogP) is 0.809. The molecule has 1 aromatic heterocycles. The minimum Gasteiger partial charge on any atom is -0.472 e. The number of amides is 1. The van der Waals surface area contributed by atoms with Crippen molar-refractivity contribution in [1.29, 1.82) is 5.26 Å². The normalized spacial score (nSPS) is 8.92. The summed E-state index contributed by atoms with van der Waals surface area (Å²) in [5.74, 6) is -0.265. The zero-order valence-electron chi connectivity index (χ0n) is 6.41. The van der Waals surface area contributed by atoms with E-state index in [0.717, 1.165) is 5.56 Å². The third-order valence-corrected chi connectivity index (χ3v) is 1.31. The summed E-state index contributed by atoms with van der Waals surface area (Å²) >= 11 is 0. The second-order valence-corrected chi connectivity index (χ2v) is 2.24. The van der Waals surface area contributed by atoms with Gasteiger partial charge < -0.3 is 9.73 Å². The zero-order valence-corrected chi connectivity index (χ0v) is 6.41. The van der Waals surface area contributed by atoms with Crippen LogP contribution in [0.4, 0.5) is 0 Å². The van der Waals surface area contributed by atoms with Crippen LogP contribution in [0.2, 0.25) is 0 Å². The van der Waals surface area contributed by atoms with Crippen molar-refractivity contribution in [3.63, 3.8) is 0 Å². The Morgan fingerprint density at radius 2 is 2.58 bits per heavy atom. The van der Waals surface area contributed by atoms with Crippen LogP contribution in [0.3, 0.4) is 0 Å². The highest BCUT2D eigenvalue weighted by atomic mass is 16.3. The average molecular weight is 164 g/mol. The molecule has 1 rings (SSSR count). The lowest BCUT2D eigenvalue weighted by Crippen LogP contribution is -2.21. The van der Waals surface area contributed by atoms with Crippen LogP contribution in [0.1, 0.15) is 12.0 Å². The molecule has 0 aromatic carbocycles. The van der Waals surface area contributed by atoms with Gasteiger partial charge in [0.25, 0.3) is 0 Å². The van der Waals surface area contributed by atoms with E-state index in [0.29, 0.717) is 6.54 Å². The van der Waals surface area contributed by atoms with Crippen LogP contribution in [0.25, 0.3) is 0 Å². The van der Waals surface area contributed by atoms with Crippen molar-refractivity contribution in [2.24, 2.45) is 0 Å². The largest absolute Gasteiger partial charge is 0.472 e. The maximum atomic E-state index is 10.8. The highest BCUT2D eigenvalue weighted by Gasteiger charge is 1.99. The summed E-state index contributed by atoms with van der Waals surface area (Å²) in [6, 6.07) is 3.52. The van der Waals surface area contributed by atoms with Crippen molar-refractivity contribution >= 4 is 5.91 Å². The Morgan fingerprint density at radius 1 is 1.75 bits per heavy atom. The summed E-state index contributed by atoms with van der Waals surface area (Å²) in [6.07, 6.45) is 2.98. The van der Waals surface area contributed by atoms with Gasteiger partial charge >= 0.3 is 0 Å². The maximum Gasteiger partial charge on any atom is 0.234 e. The molecule has 0 saturated heterocycles. The van der Waals surface area contributed by atoms with Crippen LogP contribution in [0.5, 0.6) is 0 Å². The lowest BCUT2D eigenvalue weighted by molar-refractivity contribution is -0.120. The third kappa shape index (κ3) is 2.46. The summed E-state index contributed by atoms with van der Waals surface area (Å²) in [5.41, 5.74) is 0.890. The fourth-order valence-corrected chi connectivity index (χ4v) is 0.728. The Bertz CT molecular complexity index is 285. The van der Waals surface area contributed by atoms with E-state index in [2.05, 4.69) is 5.32 Å². The molecular formula is C8H8N2O2. The number of rotatable bonds is 3. The van der Waals surface area contributed by atoms with E-state index in [9.17, 15) is 4.79 Å². The molecule has 0 aliphatic carbocycles. The summed E-state index contributed by atoms with van der Waals surface area (Å²) in [6.45, 7) is 0.414. The monoisotopic (exact) mass is 164 g/mol. The highest BCUT2D eigenvalue weighted by molar-refractivity contribution is 5.77. The minimum absolute atomic E-state index is 0.0994. The molecule has 0 saturated carbocycles. The number of nitrogens with zero attached hydrogens (tertiary/aromatic N) is 1. The molecule has 1 N–H and O–H groups in total. The molecule has 0 spiro atoms. The lowest BCUT2D eigenvalue weighted by atomic mass is 10.3. The Kier molecular flexibility index (Phi) is 2.91. The fraction of sp³-hybridized carbons (Fsp3) is 0.250. The second kappa shape index (κ2) is 4.19. The van der Waals surface area contributed by atoms with E-state index in [4.69, 9.17) is 9.68 Å². The Morgan fingerprint density at radius 3 is 3.17 bits per heavy atom. The van der Waals surface area contributed by atoms with Crippen LogP contribution in [0, 0.1) is 11.3 Å². The molecule has 1 heterocycles. The van der Waals surface area contributed by atoms with Crippen molar-refractivity contribution in [3.8, 4) is 6.07 Å². The molecule has 0 bridgehead atoms. The van der Waals surface area contributed by atoms with Crippen LogP contribution < -0.4 is 5.32 Å². The van der Waals surface area contributed by atoms with Crippen molar-refractivity contribution in [2.75, 3.05) is 0 Å². The first kappa shape index (κ1) is 8.34. The van der Waals surface area contributed by atoms with E-state index in [1.807, 2.05) is 0 Å². The standard InChI is InChI=1S/C8H8N2O2/c9-3-1-8(11)10-5-7-2-4-12-6-7/h2,4,6H,1,5H2,(H,10,11). The molecule has 0 aliphatic rings. The molecule has 62 valence electrons. The molecule has 1 amide bonds. The molecule has 4 nitrogen and oxygen atoms in total. The molecule has 0 radical (unpaired) electrons. The van der Waals surface area contributed by atoms with Gasteiger partial charge in [0.15, 0.2) is 0 Å². The number of hydrogen-bond acceptors (Lipinski definition) is 3. The van der Waals surface area contributed by atoms with Gasteiger partial charge in [-0.3, -0.25) is 4.79 Å². The van der Waals surface area contributed by atoms with Gasteiger partial charge in [0.2, 0.25) is 5.91 Å². The van der Waals surface area contributed by atoms with Gasteiger partial charge in [0, 0.05) is 12.1 Å². The van der Waals surface area contributed by atoms with Gasteiger partial charge in [-0.2, -0.15) is 5.26 Å². The smallest absolute Gasteiger partial charge is 0.234 e. The van der Waals surface area contributed by atoms with Gasteiger partial charge in [-0.25, -0.2) is 0 Å². The molecule has 0 aliphatic heterocycles. The topological polar surface area (TPSA) is 66.0 Å². The lowest BCUT2D eigenvalue weighted by Gasteiger charge is -1.97. The second-order valence-electron chi connectivity index (χ2n) is 2.24. The first-order valence-electron chi connectivity index (χ1n) is 3.47. The number of hydrogen-bond donors (Lipinski definition) is 1.